The molecule has 0 amide bonds. The Hall–Kier alpha value is -1.64. The normalized spacial score (nSPS) is 9.36. The predicted molar refractivity (Wildman–Crippen MR) is 56.5 cm³/mol. The standard InChI is InChI=1S/C9H8N2O.C2H6/c1-7(12)8-6-11-5-3-2-4-9(11)10-8;1-2/h2-6H,1H3;1-2H3. The molecule has 0 N–H and O–H groups in total. The third-order valence-corrected chi connectivity index (χ3v) is 1.72. The molecule has 3 nitrogen and oxygen atoms in total. The lowest BCUT2D eigenvalue weighted by Gasteiger charge is -1.86. The minimum Gasteiger partial charge on any atom is -0.306 e. The van der Waals surface area contributed by atoms with Crippen molar-refractivity contribution < 1.29 is 4.79 Å². The molecule has 0 aliphatic heterocycles. The van der Waals surface area contributed by atoms with Gasteiger partial charge in [-0.2, -0.15) is 0 Å². The fraction of sp³-hybridized carbons (Fsp3) is 0.273. The lowest BCUT2D eigenvalue weighted by molar-refractivity contribution is 0.101. The highest BCUT2D eigenvalue weighted by atomic mass is 16.1. The Kier molecular flexibility index (Phi) is 3.40. The fourth-order valence-corrected chi connectivity index (χ4v) is 1.10. The maximum atomic E-state index is 10.9. The molecule has 2 aromatic rings. The Morgan fingerprint density at radius 1 is 1.36 bits per heavy atom. The van der Waals surface area contributed by atoms with Gasteiger partial charge in [0.15, 0.2) is 5.78 Å². The summed E-state index contributed by atoms with van der Waals surface area (Å²) in [6.07, 6.45) is 3.60. The van der Waals surface area contributed by atoms with Gasteiger partial charge in [-0.25, -0.2) is 4.98 Å². The van der Waals surface area contributed by atoms with E-state index in [1.807, 2.05) is 42.6 Å². The molecule has 0 saturated carbocycles. The second kappa shape index (κ2) is 4.56. The van der Waals surface area contributed by atoms with Crippen LogP contribution >= 0.6 is 0 Å². The summed E-state index contributed by atoms with van der Waals surface area (Å²) in [7, 11) is 0. The molecular weight excluding hydrogens is 176 g/mol. The van der Waals surface area contributed by atoms with E-state index in [0.29, 0.717) is 5.69 Å². The minimum atomic E-state index is -0.00120. The zero-order valence-corrected chi connectivity index (χ0v) is 8.69. The number of aromatic nitrogens is 2. The lowest BCUT2D eigenvalue weighted by atomic mass is 10.3. The molecule has 0 atom stereocenters. The first-order chi connectivity index (χ1) is 6.77. The summed E-state index contributed by atoms with van der Waals surface area (Å²) in [6.45, 7) is 5.52. The van der Waals surface area contributed by atoms with Gasteiger partial charge in [-0.3, -0.25) is 4.79 Å². The van der Waals surface area contributed by atoms with Gasteiger partial charge in [-0.15, -0.1) is 0 Å². The highest BCUT2D eigenvalue weighted by Crippen LogP contribution is 2.04. The van der Waals surface area contributed by atoms with E-state index >= 15 is 0 Å². The van der Waals surface area contributed by atoms with Gasteiger partial charge in [0.05, 0.1) is 0 Å². The van der Waals surface area contributed by atoms with Gasteiger partial charge >= 0.3 is 0 Å². The van der Waals surface area contributed by atoms with Crippen LogP contribution in [0.2, 0.25) is 0 Å². The third kappa shape index (κ3) is 1.99. The molecule has 0 spiro atoms. The Balaban J connectivity index is 0.000000461. The van der Waals surface area contributed by atoms with Crippen LogP contribution in [0, 0.1) is 0 Å². The van der Waals surface area contributed by atoms with Gasteiger partial charge in [-0.1, -0.05) is 19.9 Å². The van der Waals surface area contributed by atoms with Crippen LogP contribution in [-0.4, -0.2) is 15.2 Å². The minimum absolute atomic E-state index is 0.00120. The molecule has 0 aromatic carbocycles. The number of nitrogens with zero attached hydrogens (tertiary/aromatic N) is 2. The maximum absolute atomic E-state index is 10.9. The molecule has 2 rings (SSSR count). The second-order valence-corrected chi connectivity index (χ2v) is 2.65. The number of hydrogen-bond acceptors (Lipinski definition) is 2. The first kappa shape index (κ1) is 10.4. The molecule has 0 fully saturated rings. The van der Waals surface area contributed by atoms with Crippen LogP contribution in [-0.2, 0) is 0 Å². The van der Waals surface area contributed by atoms with Gasteiger partial charge in [0, 0.05) is 19.3 Å². The summed E-state index contributed by atoms with van der Waals surface area (Å²) in [5, 5.41) is 0. The zero-order valence-electron chi connectivity index (χ0n) is 8.69. The van der Waals surface area contributed by atoms with E-state index in [4.69, 9.17) is 0 Å². The number of imidazole rings is 1. The molecule has 14 heavy (non-hydrogen) atoms. The highest BCUT2D eigenvalue weighted by molar-refractivity contribution is 5.92. The van der Waals surface area contributed by atoms with Crippen LogP contribution < -0.4 is 0 Å². The molecule has 0 aliphatic carbocycles. The van der Waals surface area contributed by atoms with E-state index in [0.717, 1.165) is 5.65 Å². The summed E-state index contributed by atoms with van der Waals surface area (Å²) in [5.41, 5.74) is 1.32. The molecule has 0 radical (unpaired) electrons. The summed E-state index contributed by atoms with van der Waals surface area (Å²) in [5.74, 6) is -0.00120. The van der Waals surface area contributed by atoms with Gasteiger partial charge < -0.3 is 4.40 Å². The van der Waals surface area contributed by atoms with Crippen molar-refractivity contribution in [3.8, 4) is 0 Å². The van der Waals surface area contributed by atoms with Crippen LogP contribution in [0.25, 0.3) is 5.65 Å². The quantitative estimate of drug-likeness (QED) is 0.648. The zero-order chi connectivity index (χ0) is 10.6. The first-order valence-corrected chi connectivity index (χ1v) is 4.72. The van der Waals surface area contributed by atoms with Gasteiger partial charge in [0.25, 0.3) is 0 Å². The van der Waals surface area contributed by atoms with Crippen LogP contribution in [0.3, 0.4) is 0 Å². The van der Waals surface area contributed by atoms with E-state index < -0.39 is 0 Å². The molecule has 0 aliphatic rings. The van der Waals surface area contributed by atoms with Crippen molar-refractivity contribution in [2.75, 3.05) is 0 Å². The maximum Gasteiger partial charge on any atom is 0.179 e. The average Bonchev–Trinajstić information content (AvgIpc) is 2.64. The molecule has 2 aromatic heterocycles. The van der Waals surface area contributed by atoms with Crippen molar-refractivity contribution in [1.82, 2.24) is 9.38 Å². The van der Waals surface area contributed by atoms with Crippen LogP contribution in [0.15, 0.2) is 30.6 Å². The molecule has 74 valence electrons. The summed E-state index contributed by atoms with van der Waals surface area (Å²) in [4.78, 5) is 15.1. The Labute approximate surface area is 83.4 Å². The van der Waals surface area contributed by atoms with Crippen molar-refractivity contribution in [3.63, 3.8) is 0 Å². The molecule has 2 heterocycles. The van der Waals surface area contributed by atoms with Gasteiger partial charge in [0.1, 0.15) is 11.3 Å². The van der Waals surface area contributed by atoms with E-state index in [2.05, 4.69) is 4.98 Å². The molecule has 0 bridgehead atoms. The molecule has 0 unspecified atom stereocenters. The SMILES string of the molecule is CC.CC(=O)c1cn2ccccc2n1. The second-order valence-electron chi connectivity index (χ2n) is 2.65. The van der Waals surface area contributed by atoms with Crippen molar-refractivity contribution in [1.29, 1.82) is 0 Å². The van der Waals surface area contributed by atoms with E-state index in [-0.39, 0.29) is 5.78 Å². The number of ketones is 1. The van der Waals surface area contributed by atoms with Gasteiger partial charge in [-0.05, 0) is 12.1 Å². The smallest absolute Gasteiger partial charge is 0.179 e. The van der Waals surface area contributed by atoms with Crippen LogP contribution in [0.1, 0.15) is 31.3 Å². The van der Waals surface area contributed by atoms with E-state index in [1.54, 1.807) is 6.20 Å². The number of fused-ring (bicyclic) bond motifs is 1. The number of Topliss-reactive ketones (excluding diaryl/α,β-unsaturated/α-hetero) is 1. The monoisotopic (exact) mass is 190 g/mol. The van der Waals surface area contributed by atoms with Crippen LogP contribution in [0.4, 0.5) is 0 Å². The number of hydrogen-bond donors (Lipinski definition) is 0. The topological polar surface area (TPSA) is 34.4 Å². The predicted octanol–water partition coefficient (Wildman–Crippen LogP) is 2.56. The van der Waals surface area contributed by atoms with Crippen molar-refractivity contribution >= 4 is 11.4 Å². The Morgan fingerprint density at radius 2 is 2.07 bits per heavy atom. The Morgan fingerprint density at radius 3 is 2.64 bits per heavy atom. The third-order valence-electron chi connectivity index (χ3n) is 1.72. The molecule has 0 saturated heterocycles. The van der Waals surface area contributed by atoms with Gasteiger partial charge in [0.2, 0.25) is 0 Å². The summed E-state index contributed by atoms with van der Waals surface area (Å²) in [6, 6.07) is 5.66. The molecular formula is C11H14N2O. The van der Waals surface area contributed by atoms with Crippen LogP contribution in [0.5, 0.6) is 0 Å². The Bertz CT molecular complexity index is 399. The van der Waals surface area contributed by atoms with Crippen molar-refractivity contribution in [3.05, 3.63) is 36.3 Å². The lowest BCUT2D eigenvalue weighted by Crippen LogP contribution is -1.89. The molecule has 3 heteroatoms. The van der Waals surface area contributed by atoms with Crippen molar-refractivity contribution in [2.24, 2.45) is 0 Å². The largest absolute Gasteiger partial charge is 0.306 e. The van der Waals surface area contributed by atoms with E-state index in [9.17, 15) is 4.79 Å². The summed E-state index contributed by atoms with van der Waals surface area (Å²) < 4.78 is 1.83. The number of rotatable bonds is 1. The first-order valence-electron chi connectivity index (χ1n) is 4.72. The average molecular weight is 190 g/mol. The van der Waals surface area contributed by atoms with Crippen molar-refractivity contribution in [2.45, 2.75) is 20.8 Å². The number of carbonyl (C=O) groups is 1. The number of pyridine rings is 1. The van der Waals surface area contributed by atoms with E-state index in [1.165, 1.54) is 6.92 Å². The number of carbonyl (C=O) groups excluding carboxylic acids is 1. The fourth-order valence-electron chi connectivity index (χ4n) is 1.10. The highest BCUT2D eigenvalue weighted by Gasteiger charge is 2.03. The summed E-state index contributed by atoms with van der Waals surface area (Å²) >= 11 is 0.